The van der Waals surface area contributed by atoms with E-state index in [-0.39, 0.29) is 6.61 Å². The van der Waals surface area contributed by atoms with Gasteiger partial charge in [-0.2, -0.15) is 5.26 Å². The molecule has 0 bridgehead atoms. The van der Waals surface area contributed by atoms with Gasteiger partial charge in [0.25, 0.3) is 0 Å². The van der Waals surface area contributed by atoms with Gasteiger partial charge in [0.1, 0.15) is 12.2 Å². The quantitative estimate of drug-likeness (QED) is 0.355. The van der Waals surface area contributed by atoms with Gasteiger partial charge in [-0.1, -0.05) is 26.0 Å². The van der Waals surface area contributed by atoms with Gasteiger partial charge < -0.3 is 9.15 Å². The Bertz CT molecular complexity index is 1180. The Morgan fingerprint density at radius 1 is 1.21 bits per heavy atom. The van der Waals surface area contributed by atoms with Crippen LogP contribution in [0.15, 0.2) is 57.8 Å². The Kier molecular flexibility index (Phi) is 5.94. The van der Waals surface area contributed by atoms with Crippen molar-refractivity contribution in [1.82, 2.24) is 0 Å². The first kappa shape index (κ1) is 20.1. The number of nitriles is 1. The normalized spacial score (nSPS) is 11.1. The summed E-state index contributed by atoms with van der Waals surface area (Å²) in [6.07, 6.45) is 2.93. The first-order valence-electron chi connectivity index (χ1n) is 9.29. The molecule has 0 saturated heterocycles. The zero-order valence-corrected chi connectivity index (χ0v) is 16.6. The molecule has 29 heavy (non-hydrogen) atoms. The summed E-state index contributed by atoms with van der Waals surface area (Å²) < 4.78 is 10.6. The van der Waals surface area contributed by atoms with E-state index in [9.17, 15) is 9.59 Å². The fourth-order valence-corrected chi connectivity index (χ4v) is 3.16. The highest BCUT2D eigenvalue weighted by Crippen LogP contribution is 2.27. The van der Waals surface area contributed by atoms with Gasteiger partial charge in [-0.25, -0.2) is 9.59 Å². The van der Waals surface area contributed by atoms with Crippen LogP contribution in [0.4, 0.5) is 0 Å². The third kappa shape index (κ3) is 4.80. The van der Waals surface area contributed by atoms with Crippen molar-refractivity contribution < 1.29 is 13.9 Å². The molecule has 2 aromatic carbocycles. The highest BCUT2D eigenvalue weighted by Gasteiger charge is 2.12. The Balaban J connectivity index is 1.79. The number of nitrogens with zero attached hydrogens (tertiary/aromatic N) is 1. The lowest BCUT2D eigenvalue weighted by Crippen LogP contribution is -2.06. The van der Waals surface area contributed by atoms with Crippen LogP contribution in [0, 0.1) is 18.3 Å². The molecule has 5 nitrogen and oxygen atoms in total. The van der Waals surface area contributed by atoms with Gasteiger partial charge in [-0.15, -0.1) is 0 Å². The molecule has 0 aliphatic rings. The second-order valence-electron chi connectivity index (χ2n) is 7.13. The molecule has 0 amide bonds. The number of benzene rings is 2. The molecule has 0 aliphatic carbocycles. The van der Waals surface area contributed by atoms with Crippen molar-refractivity contribution in [1.29, 1.82) is 5.26 Å². The number of fused-ring (bicyclic) bond motifs is 1. The molecule has 5 heteroatoms. The minimum absolute atomic E-state index is 0.0285. The van der Waals surface area contributed by atoms with Gasteiger partial charge >= 0.3 is 11.6 Å². The molecule has 146 valence electrons. The van der Waals surface area contributed by atoms with Crippen LogP contribution in [0.3, 0.4) is 0 Å². The van der Waals surface area contributed by atoms with E-state index in [0.717, 1.165) is 22.1 Å². The van der Waals surface area contributed by atoms with Crippen molar-refractivity contribution in [3.8, 4) is 6.07 Å². The maximum absolute atomic E-state index is 12.1. The van der Waals surface area contributed by atoms with Crippen LogP contribution in [0.5, 0.6) is 0 Å². The molecular weight excluding hydrogens is 366 g/mol. The van der Waals surface area contributed by atoms with E-state index in [0.29, 0.717) is 22.6 Å². The fraction of sp³-hybridized carbons (Fsp3) is 0.208. The molecule has 0 atom stereocenters. The molecule has 3 aromatic rings. The number of hydrogen-bond donors (Lipinski definition) is 0. The summed E-state index contributed by atoms with van der Waals surface area (Å²) in [6.45, 7) is 6.15. The summed E-state index contributed by atoms with van der Waals surface area (Å²) in [6, 6.07) is 14.1. The topological polar surface area (TPSA) is 80.3 Å². The average Bonchev–Trinajstić information content (AvgIpc) is 2.69. The lowest BCUT2D eigenvalue weighted by molar-refractivity contribution is -0.138. The van der Waals surface area contributed by atoms with E-state index in [4.69, 9.17) is 14.4 Å². The highest BCUT2D eigenvalue weighted by atomic mass is 16.5. The molecule has 0 aliphatic heterocycles. The van der Waals surface area contributed by atoms with E-state index in [1.807, 2.05) is 25.1 Å². The minimum Gasteiger partial charge on any atom is -0.458 e. The molecular formula is C24H21NO4. The molecule has 1 aromatic heterocycles. The summed E-state index contributed by atoms with van der Waals surface area (Å²) in [7, 11) is 0. The van der Waals surface area contributed by atoms with Crippen LogP contribution in [0.2, 0.25) is 0 Å². The number of aryl methyl sites for hydroxylation is 1. The van der Waals surface area contributed by atoms with E-state index < -0.39 is 11.6 Å². The van der Waals surface area contributed by atoms with Gasteiger partial charge in [-0.05, 0) is 59.9 Å². The molecule has 0 N–H and O–H groups in total. The predicted octanol–water partition coefficient (Wildman–Crippen LogP) is 4.85. The Labute approximate surface area is 168 Å². The number of carbonyl (C=O) groups is 1. The molecule has 0 spiro atoms. The molecule has 0 radical (unpaired) electrons. The number of rotatable bonds is 5. The van der Waals surface area contributed by atoms with Crippen molar-refractivity contribution in [2.75, 3.05) is 0 Å². The monoisotopic (exact) mass is 387 g/mol. The van der Waals surface area contributed by atoms with Crippen LogP contribution in [-0.4, -0.2) is 5.97 Å². The number of carbonyl (C=O) groups excluding carboxylic acids is 1. The van der Waals surface area contributed by atoms with Gasteiger partial charge in [0.05, 0.1) is 11.6 Å². The summed E-state index contributed by atoms with van der Waals surface area (Å²) in [5, 5.41) is 9.58. The number of ether oxygens (including phenoxy) is 1. The summed E-state index contributed by atoms with van der Waals surface area (Å²) in [5.74, 6) is -0.205. The van der Waals surface area contributed by atoms with Crippen molar-refractivity contribution in [2.45, 2.75) is 33.3 Å². The second kappa shape index (κ2) is 8.57. The third-order valence-corrected chi connectivity index (χ3v) is 4.66. The SMILES string of the molecule is Cc1cc2oc(=O)cc(COC(=O)/C=C/c3ccc(C#N)cc3)c2cc1C(C)C. The van der Waals surface area contributed by atoms with Crippen LogP contribution in [-0.2, 0) is 16.1 Å². The summed E-state index contributed by atoms with van der Waals surface area (Å²) >= 11 is 0. The van der Waals surface area contributed by atoms with Crippen LogP contribution < -0.4 is 5.63 Å². The Morgan fingerprint density at radius 2 is 1.93 bits per heavy atom. The summed E-state index contributed by atoms with van der Waals surface area (Å²) in [5.41, 5.74) is 4.15. The van der Waals surface area contributed by atoms with Gasteiger partial charge in [0.15, 0.2) is 0 Å². The minimum atomic E-state index is -0.521. The van der Waals surface area contributed by atoms with E-state index in [1.54, 1.807) is 30.3 Å². The van der Waals surface area contributed by atoms with E-state index >= 15 is 0 Å². The molecule has 3 rings (SSSR count). The highest BCUT2D eigenvalue weighted by molar-refractivity contribution is 5.87. The van der Waals surface area contributed by atoms with Crippen LogP contribution in [0.1, 0.15) is 47.6 Å². The van der Waals surface area contributed by atoms with Gasteiger partial charge in [0.2, 0.25) is 0 Å². The van der Waals surface area contributed by atoms with Gasteiger partial charge in [-0.3, -0.25) is 0 Å². The van der Waals surface area contributed by atoms with Crippen LogP contribution >= 0.6 is 0 Å². The largest absolute Gasteiger partial charge is 0.458 e. The third-order valence-electron chi connectivity index (χ3n) is 4.66. The Hall–Kier alpha value is -3.65. The smallest absolute Gasteiger partial charge is 0.336 e. The van der Waals surface area contributed by atoms with Crippen LogP contribution in [0.25, 0.3) is 17.0 Å². The lowest BCUT2D eigenvalue weighted by Gasteiger charge is -2.13. The van der Waals surface area contributed by atoms with Gasteiger partial charge in [0, 0.05) is 23.1 Å². The fourth-order valence-electron chi connectivity index (χ4n) is 3.16. The molecule has 0 unspecified atom stereocenters. The average molecular weight is 387 g/mol. The second-order valence-corrected chi connectivity index (χ2v) is 7.13. The van der Waals surface area contributed by atoms with Crippen molar-refractivity contribution >= 4 is 23.0 Å². The standard InChI is InChI=1S/C24H21NO4/c1-15(2)20-12-21-19(11-24(27)29-22(21)10-16(20)3)14-28-23(26)9-8-17-4-6-18(13-25)7-5-17/h4-12,15H,14H2,1-3H3/b9-8+. The van der Waals surface area contributed by atoms with E-state index in [2.05, 4.69) is 13.8 Å². The predicted molar refractivity (Wildman–Crippen MR) is 111 cm³/mol. The first-order chi connectivity index (χ1) is 13.9. The van der Waals surface area contributed by atoms with Crippen molar-refractivity contribution in [2.24, 2.45) is 0 Å². The number of esters is 1. The Morgan fingerprint density at radius 3 is 2.59 bits per heavy atom. The lowest BCUT2D eigenvalue weighted by atomic mass is 9.95. The maximum atomic E-state index is 12.1. The van der Waals surface area contributed by atoms with E-state index in [1.165, 1.54) is 12.1 Å². The zero-order valence-electron chi connectivity index (χ0n) is 16.6. The molecule has 0 fully saturated rings. The van der Waals surface area contributed by atoms with Crippen molar-refractivity contribution in [3.63, 3.8) is 0 Å². The van der Waals surface area contributed by atoms with Crippen molar-refractivity contribution in [3.05, 3.63) is 86.8 Å². The molecule has 0 saturated carbocycles. The number of hydrogen-bond acceptors (Lipinski definition) is 5. The zero-order chi connectivity index (χ0) is 21.0. The summed E-state index contributed by atoms with van der Waals surface area (Å²) in [4.78, 5) is 24.0. The maximum Gasteiger partial charge on any atom is 0.336 e. The first-order valence-corrected chi connectivity index (χ1v) is 9.29. The molecule has 1 heterocycles.